The van der Waals surface area contributed by atoms with Gasteiger partial charge in [-0.1, -0.05) is 12.1 Å². The molecule has 0 aliphatic heterocycles. The maximum Gasteiger partial charge on any atom is 0.317 e. The van der Waals surface area contributed by atoms with E-state index in [0.29, 0.717) is 24.7 Å². The Hall–Kier alpha value is -2.12. The average molecular weight is 270 g/mol. The van der Waals surface area contributed by atoms with Gasteiger partial charge in [0.2, 0.25) is 5.89 Å². The monoisotopic (exact) mass is 270 g/mol. The molecule has 8 heteroatoms. The smallest absolute Gasteiger partial charge is 0.317 e. The summed E-state index contributed by atoms with van der Waals surface area (Å²) in [5.74, 6) is -0.523. The Kier molecular flexibility index (Phi) is 5.28. The van der Waals surface area contributed by atoms with Gasteiger partial charge in [0.1, 0.15) is 0 Å². The Morgan fingerprint density at radius 3 is 2.74 bits per heavy atom. The zero-order chi connectivity index (χ0) is 14.4. The summed E-state index contributed by atoms with van der Waals surface area (Å²) in [5.41, 5.74) is 0. The molecule has 1 rings (SSSR count). The van der Waals surface area contributed by atoms with Crippen molar-refractivity contribution in [3.05, 3.63) is 11.7 Å². The van der Waals surface area contributed by atoms with Crippen LogP contribution in [0.4, 0.5) is 4.79 Å². The minimum atomic E-state index is -0.929. The van der Waals surface area contributed by atoms with Crippen LogP contribution in [0.3, 0.4) is 0 Å². The van der Waals surface area contributed by atoms with Gasteiger partial charge in [-0.15, -0.1) is 0 Å². The quantitative estimate of drug-likeness (QED) is 0.768. The minimum absolute atomic E-state index is 0.155. The van der Waals surface area contributed by atoms with Crippen molar-refractivity contribution in [2.45, 2.75) is 20.3 Å². The number of carboxylic acids is 1. The maximum atomic E-state index is 11.7. The molecule has 1 atom stereocenters. The molecule has 0 bridgehead atoms. The third-order valence-electron chi connectivity index (χ3n) is 2.51. The highest BCUT2D eigenvalue weighted by Crippen LogP contribution is 1.99. The van der Waals surface area contributed by atoms with Crippen molar-refractivity contribution in [3.63, 3.8) is 0 Å². The molecule has 0 saturated heterocycles. The van der Waals surface area contributed by atoms with Crippen LogP contribution < -0.4 is 5.32 Å². The van der Waals surface area contributed by atoms with Crippen molar-refractivity contribution in [2.24, 2.45) is 5.92 Å². The van der Waals surface area contributed by atoms with Gasteiger partial charge >= 0.3 is 12.0 Å². The highest BCUT2D eigenvalue weighted by molar-refractivity contribution is 5.75. The number of hydrogen-bond donors (Lipinski definition) is 2. The second-order valence-corrected chi connectivity index (χ2v) is 4.33. The zero-order valence-electron chi connectivity index (χ0n) is 11.2. The fourth-order valence-electron chi connectivity index (χ4n) is 1.43. The highest BCUT2D eigenvalue weighted by Gasteiger charge is 2.17. The molecule has 1 aromatic rings. The predicted octanol–water partition coefficient (Wildman–Crippen LogP) is 0.283. The lowest BCUT2D eigenvalue weighted by molar-refractivity contribution is -0.141. The SMILES string of the molecule is Cc1nc(CCNC(=O)N(C)CC(C)C(=O)O)no1. The van der Waals surface area contributed by atoms with E-state index in [1.54, 1.807) is 20.9 Å². The van der Waals surface area contributed by atoms with Crippen LogP contribution in [-0.4, -0.2) is 52.3 Å². The van der Waals surface area contributed by atoms with Crippen LogP contribution in [0.1, 0.15) is 18.6 Å². The van der Waals surface area contributed by atoms with E-state index in [1.165, 1.54) is 4.90 Å². The molecule has 106 valence electrons. The van der Waals surface area contributed by atoms with Crippen LogP contribution in [0.5, 0.6) is 0 Å². The number of carbonyl (C=O) groups is 2. The van der Waals surface area contributed by atoms with E-state index < -0.39 is 11.9 Å². The van der Waals surface area contributed by atoms with E-state index >= 15 is 0 Å². The molecule has 0 radical (unpaired) electrons. The van der Waals surface area contributed by atoms with Crippen molar-refractivity contribution in [2.75, 3.05) is 20.1 Å². The number of hydrogen-bond acceptors (Lipinski definition) is 5. The summed E-state index contributed by atoms with van der Waals surface area (Å²) < 4.78 is 4.80. The number of nitrogens with zero attached hydrogens (tertiary/aromatic N) is 3. The Balaban J connectivity index is 2.28. The zero-order valence-corrected chi connectivity index (χ0v) is 11.2. The molecular weight excluding hydrogens is 252 g/mol. The molecule has 1 aromatic heterocycles. The van der Waals surface area contributed by atoms with E-state index in [1.807, 2.05) is 0 Å². The first-order valence-electron chi connectivity index (χ1n) is 5.91. The number of aromatic nitrogens is 2. The molecule has 19 heavy (non-hydrogen) atoms. The summed E-state index contributed by atoms with van der Waals surface area (Å²) in [4.78, 5) is 27.7. The molecule has 2 N–H and O–H groups in total. The third kappa shape index (κ3) is 4.94. The first-order chi connectivity index (χ1) is 8.90. The van der Waals surface area contributed by atoms with E-state index in [2.05, 4.69) is 15.5 Å². The fourth-order valence-corrected chi connectivity index (χ4v) is 1.43. The van der Waals surface area contributed by atoms with Crippen molar-refractivity contribution < 1.29 is 19.2 Å². The van der Waals surface area contributed by atoms with Gasteiger partial charge in [0.25, 0.3) is 0 Å². The Morgan fingerprint density at radius 2 is 2.21 bits per heavy atom. The predicted molar refractivity (Wildman–Crippen MR) is 65.6 cm³/mol. The average Bonchev–Trinajstić information content (AvgIpc) is 2.74. The second kappa shape index (κ2) is 6.72. The second-order valence-electron chi connectivity index (χ2n) is 4.33. The van der Waals surface area contributed by atoms with Crippen LogP contribution in [0.25, 0.3) is 0 Å². The summed E-state index contributed by atoms with van der Waals surface area (Å²) in [6, 6.07) is -0.326. The molecule has 1 unspecified atom stereocenters. The lowest BCUT2D eigenvalue weighted by atomic mass is 10.2. The lowest BCUT2D eigenvalue weighted by Gasteiger charge is -2.19. The number of carboxylic acid groups (broad SMARTS) is 1. The van der Waals surface area contributed by atoms with Crippen molar-refractivity contribution in [3.8, 4) is 0 Å². The molecule has 0 aliphatic carbocycles. The van der Waals surface area contributed by atoms with Crippen molar-refractivity contribution in [1.82, 2.24) is 20.4 Å². The van der Waals surface area contributed by atoms with Crippen LogP contribution in [0, 0.1) is 12.8 Å². The van der Waals surface area contributed by atoms with E-state index in [-0.39, 0.29) is 12.6 Å². The van der Waals surface area contributed by atoms with Gasteiger partial charge in [-0.3, -0.25) is 4.79 Å². The lowest BCUT2D eigenvalue weighted by Crippen LogP contribution is -2.41. The molecule has 0 fully saturated rings. The van der Waals surface area contributed by atoms with Gasteiger partial charge in [-0.05, 0) is 0 Å². The van der Waals surface area contributed by atoms with E-state index in [0.717, 1.165) is 0 Å². The summed E-state index contributed by atoms with van der Waals surface area (Å²) in [6.07, 6.45) is 0.464. The minimum Gasteiger partial charge on any atom is -0.481 e. The standard InChI is InChI=1S/C11H18N4O4/c1-7(10(16)17)6-15(3)11(18)12-5-4-9-13-8(2)19-14-9/h7H,4-6H2,1-3H3,(H,12,18)(H,16,17). The van der Waals surface area contributed by atoms with Crippen molar-refractivity contribution >= 4 is 12.0 Å². The third-order valence-corrected chi connectivity index (χ3v) is 2.51. The molecular formula is C11H18N4O4. The van der Waals surface area contributed by atoms with Crippen molar-refractivity contribution in [1.29, 1.82) is 0 Å². The van der Waals surface area contributed by atoms with Gasteiger partial charge in [-0.2, -0.15) is 4.98 Å². The molecule has 0 saturated carbocycles. The number of amides is 2. The van der Waals surface area contributed by atoms with Gasteiger partial charge in [0, 0.05) is 33.5 Å². The maximum absolute atomic E-state index is 11.7. The fraction of sp³-hybridized carbons (Fsp3) is 0.636. The Morgan fingerprint density at radius 1 is 1.53 bits per heavy atom. The molecule has 0 aromatic carbocycles. The first kappa shape index (κ1) is 14.9. The van der Waals surface area contributed by atoms with Gasteiger partial charge in [-0.25, -0.2) is 4.79 Å². The van der Waals surface area contributed by atoms with Crippen LogP contribution in [0.2, 0.25) is 0 Å². The Labute approximate surface area is 110 Å². The van der Waals surface area contributed by atoms with E-state index in [9.17, 15) is 9.59 Å². The summed E-state index contributed by atoms with van der Waals surface area (Å²) in [7, 11) is 1.55. The highest BCUT2D eigenvalue weighted by atomic mass is 16.5. The van der Waals surface area contributed by atoms with Crippen LogP contribution in [-0.2, 0) is 11.2 Å². The Bertz CT molecular complexity index is 446. The first-order valence-corrected chi connectivity index (χ1v) is 5.91. The number of nitrogens with one attached hydrogen (secondary N) is 1. The number of carbonyl (C=O) groups excluding carboxylic acids is 1. The number of aliphatic carboxylic acids is 1. The normalized spacial score (nSPS) is 11.9. The topological polar surface area (TPSA) is 109 Å². The summed E-state index contributed by atoms with van der Waals surface area (Å²) >= 11 is 0. The van der Waals surface area contributed by atoms with Crippen LogP contribution in [0.15, 0.2) is 4.52 Å². The van der Waals surface area contributed by atoms with E-state index in [4.69, 9.17) is 9.63 Å². The number of aryl methyl sites for hydroxylation is 1. The van der Waals surface area contributed by atoms with Gasteiger partial charge < -0.3 is 19.8 Å². The number of urea groups is 1. The summed E-state index contributed by atoms with van der Waals surface area (Å²) in [5, 5.41) is 15.1. The number of rotatable bonds is 6. The molecule has 0 aliphatic rings. The van der Waals surface area contributed by atoms with Crippen LogP contribution >= 0.6 is 0 Å². The molecule has 2 amide bonds. The van der Waals surface area contributed by atoms with Gasteiger partial charge in [0.15, 0.2) is 5.82 Å². The molecule has 8 nitrogen and oxygen atoms in total. The molecule has 0 spiro atoms. The largest absolute Gasteiger partial charge is 0.481 e. The van der Waals surface area contributed by atoms with Gasteiger partial charge in [0.05, 0.1) is 5.92 Å². The summed E-state index contributed by atoms with van der Waals surface area (Å²) in [6.45, 7) is 3.76. The molecule has 1 heterocycles.